The second-order valence-corrected chi connectivity index (χ2v) is 9.96. The first kappa shape index (κ1) is 22.3. The number of amides is 3. The first-order valence-corrected chi connectivity index (χ1v) is 12.0. The van der Waals surface area contributed by atoms with Crippen molar-refractivity contribution in [3.8, 4) is 0 Å². The van der Waals surface area contributed by atoms with Crippen molar-refractivity contribution in [1.29, 1.82) is 0 Å². The molecule has 3 aliphatic rings. The van der Waals surface area contributed by atoms with Crippen LogP contribution in [0.2, 0.25) is 0 Å². The van der Waals surface area contributed by atoms with E-state index in [1.54, 1.807) is 15.6 Å². The number of nitrogens with one attached hydrogen (secondary N) is 1. The van der Waals surface area contributed by atoms with Crippen LogP contribution in [0.5, 0.6) is 0 Å². The highest BCUT2D eigenvalue weighted by Gasteiger charge is 2.37. The molecule has 0 spiro atoms. The second-order valence-electron chi connectivity index (χ2n) is 9.96. The van der Waals surface area contributed by atoms with E-state index in [1.807, 2.05) is 6.20 Å². The van der Waals surface area contributed by atoms with E-state index in [4.69, 9.17) is 0 Å². The lowest BCUT2D eigenvalue weighted by Crippen LogP contribution is -2.49. The zero-order valence-corrected chi connectivity index (χ0v) is 18.9. The number of halogens is 2. The van der Waals surface area contributed by atoms with Gasteiger partial charge in [0.2, 0.25) is 5.91 Å². The van der Waals surface area contributed by atoms with Crippen LogP contribution in [0.15, 0.2) is 24.5 Å². The third-order valence-corrected chi connectivity index (χ3v) is 7.56. The van der Waals surface area contributed by atoms with Crippen LogP contribution in [0.1, 0.15) is 44.6 Å². The summed E-state index contributed by atoms with van der Waals surface area (Å²) in [6.45, 7) is 4.31. The third kappa shape index (κ3) is 4.60. The van der Waals surface area contributed by atoms with Crippen molar-refractivity contribution >= 4 is 23.1 Å². The maximum atomic E-state index is 13.6. The molecule has 2 aromatic rings. The molecule has 2 aliphatic heterocycles. The first-order chi connectivity index (χ1) is 15.9. The molecule has 0 bridgehead atoms. The fraction of sp³-hybridized carbons (Fsp3) is 0.625. The summed E-state index contributed by atoms with van der Waals surface area (Å²) in [5.41, 5.74) is 2.75. The van der Waals surface area contributed by atoms with Crippen LogP contribution in [-0.2, 0) is 11.2 Å². The minimum atomic E-state index is -1.29. The van der Waals surface area contributed by atoms with Crippen LogP contribution in [0.3, 0.4) is 0 Å². The van der Waals surface area contributed by atoms with Crippen molar-refractivity contribution in [3.05, 3.63) is 30.1 Å². The van der Waals surface area contributed by atoms with Crippen molar-refractivity contribution in [2.45, 2.75) is 63.8 Å². The number of urea groups is 1. The van der Waals surface area contributed by atoms with Gasteiger partial charge in [-0.05, 0) is 75.1 Å². The van der Waals surface area contributed by atoms with Gasteiger partial charge in [0.1, 0.15) is 12.3 Å². The molecule has 5 rings (SSSR count). The summed E-state index contributed by atoms with van der Waals surface area (Å²) < 4.78 is 28.9. The molecule has 1 saturated carbocycles. The summed E-state index contributed by atoms with van der Waals surface area (Å²) in [5, 5.41) is 6.73. The zero-order chi connectivity index (χ0) is 23.1. The molecular weight excluding hydrogens is 428 g/mol. The first-order valence-electron chi connectivity index (χ1n) is 12.0. The number of alkyl halides is 2. The number of piperidine rings is 1. The van der Waals surface area contributed by atoms with E-state index < -0.39 is 18.4 Å². The average molecular weight is 460 g/mol. The Kier molecular flexibility index (Phi) is 6.07. The lowest BCUT2D eigenvalue weighted by molar-refractivity contribution is -0.120. The summed E-state index contributed by atoms with van der Waals surface area (Å²) in [6.07, 6.45) is 5.04. The van der Waals surface area contributed by atoms with Crippen LogP contribution < -0.4 is 10.2 Å². The van der Waals surface area contributed by atoms with Gasteiger partial charge in [0.05, 0.1) is 17.4 Å². The van der Waals surface area contributed by atoms with Gasteiger partial charge >= 0.3 is 6.03 Å². The Morgan fingerprint density at radius 2 is 1.91 bits per heavy atom. The zero-order valence-electron chi connectivity index (χ0n) is 18.9. The second kappa shape index (κ2) is 9.00. The van der Waals surface area contributed by atoms with Gasteiger partial charge in [-0.3, -0.25) is 15.0 Å². The van der Waals surface area contributed by atoms with Gasteiger partial charge in [-0.15, -0.1) is 0 Å². The van der Waals surface area contributed by atoms with Crippen LogP contribution in [-0.4, -0.2) is 64.5 Å². The van der Waals surface area contributed by atoms with Gasteiger partial charge in [0.15, 0.2) is 0 Å². The normalized spacial score (nSPS) is 31.4. The van der Waals surface area contributed by atoms with E-state index >= 15 is 0 Å². The number of pyridine rings is 1. The molecule has 5 atom stereocenters. The number of aromatic nitrogens is 2. The van der Waals surface area contributed by atoms with Gasteiger partial charge < -0.3 is 4.90 Å². The van der Waals surface area contributed by atoms with Crippen LogP contribution in [0, 0.1) is 11.8 Å². The van der Waals surface area contributed by atoms with E-state index in [0.717, 1.165) is 37.9 Å². The van der Waals surface area contributed by atoms with Gasteiger partial charge in [-0.1, -0.05) is 0 Å². The molecule has 0 radical (unpaired) electrons. The Balaban J connectivity index is 1.23. The molecule has 4 heterocycles. The van der Waals surface area contributed by atoms with E-state index in [1.165, 1.54) is 5.56 Å². The molecule has 0 aromatic carbocycles. The Bertz CT molecular complexity index is 1030. The number of rotatable bonds is 5. The minimum absolute atomic E-state index is 0.124. The number of imide groups is 1. The van der Waals surface area contributed by atoms with E-state index in [2.05, 4.69) is 34.4 Å². The number of anilines is 1. The van der Waals surface area contributed by atoms with Crippen molar-refractivity contribution in [2.24, 2.45) is 11.8 Å². The third-order valence-electron chi connectivity index (χ3n) is 7.56. The maximum absolute atomic E-state index is 13.6. The van der Waals surface area contributed by atoms with Crippen LogP contribution in [0.25, 0.3) is 5.52 Å². The molecule has 3 fully saturated rings. The quantitative estimate of drug-likeness (QED) is 0.743. The molecule has 1 aliphatic carbocycles. The van der Waals surface area contributed by atoms with Crippen molar-refractivity contribution in [3.63, 3.8) is 0 Å². The molecule has 2 aromatic heterocycles. The van der Waals surface area contributed by atoms with E-state index in [-0.39, 0.29) is 18.2 Å². The monoisotopic (exact) mass is 459 g/mol. The number of nitrogens with zero attached hydrogens (tertiary/aromatic N) is 4. The lowest BCUT2D eigenvalue weighted by atomic mass is 9.86. The molecule has 2 saturated heterocycles. The van der Waals surface area contributed by atoms with Crippen LogP contribution >= 0.6 is 0 Å². The summed E-state index contributed by atoms with van der Waals surface area (Å²) in [7, 11) is 0. The molecule has 3 amide bonds. The Morgan fingerprint density at radius 1 is 1.12 bits per heavy atom. The van der Waals surface area contributed by atoms with Gasteiger partial charge in [0.25, 0.3) is 0 Å². The fourth-order valence-electron chi connectivity index (χ4n) is 5.76. The standard InChI is InChI=1S/C24H31F2N5O2/c1-15-8-16(2-5-29(15)14-18-10-19(25)20(26)11-18)9-17-3-7-31-21(12-17)22(13-27-31)30-6-4-23(32)28-24(30)33/h3,7,12-13,15-16,18-20H,2,4-6,8-11,14H2,1H3,(H,28,32,33)/t15-,16?,18?,19-,20+/m0/s1. The SMILES string of the molecule is C[C@H]1CC(Cc2ccn3ncc(N4CCC(=O)NC4=O)c3c2)CCN1CC1C[C@@H](F)[C@@H](F)C1. The van der Waals surface area contributed by atoms with E-state index in [9.17, 15) is 18.4 Å². The molecular formula is C24H31F2N5O2. The topological polar surface area (TPSA) is 70.0 Å². The lowest BCUT2D eigenvalue weighted by Gasteiger charge is -2.39. The Hall–Kier alpha value is -2.55. The summed E-state index contributed by atoms with van der Waals surface area (Å²) >= 11 is 0. The largest absolute Gasteiger partial charge is 0.328 e. The molecule has 178 valence electrons. The van der Waals surface area contributed by atoms with E-state index in [0.29, 0.717) is 37.0 Å². The minimum Gasteiger partial charge on any atom is -0.300 e. The number of likely N-dealkylation sites (tertiary alicyclic amines) is 1. The summed E-state index contributed by atoms with van der Waals surface area (Å²) in [4.78, 5) is 27.7. The molecule has 9 heteroatoms. The highest BCUT2D eigenvalue weighted by Crippen LogP contribution is 2.34. The number of carbonyl (C=O) groups is 2. The highest BCUT2D eigenvalue weighted by atomic mass is 19.2. The Morgan fingerprint density at radius 3 is 2.64 bits per heavy atom. The van der Waals surface area contributed by atoms with Crippen molar-refractivity contribution in [1.82, 2.24) is 19.8 Å². The molecule has 2 unspecified atom stereocenters. The molecule has 7 nitrogen and oxygen atoms in total. The van der Waals surface area contributed by atoms with Crippen molar-refractivity contribution < 1.29 is 18.4 Å². The fourth-order valence-corrected chi connectivity index (χ4v) is 5.76. The number of hydrogen-bond acceptors (Lipinski definition) is 4. The number of hydrogen-bond donors (Lipinski definition) is 1. The number of carbonyl (C=O) groups excluding carboxylic acids is 2. The summed E-state index contributed by atoms with van der Waals surface area (Å²) in [5.74, 6) is 0.405. The van der Waals surface area contributed by atoms with Gasteiger partial charge in [-0.25, -0.2) is 18.1 Å². The average Bonchev–Trinajstić information content (AvgIpc) is 3.32. The molecule has 33 heavy (non-hydrogen) atoms. The predicted octanol–water partition coefficient (Wildman–Crippen LogP) is 3.51. The summed E-state index contributed by atoms with van der Waals surface area (Å²) in [6, 6.07) is 4.14. The van der Waals surface area contributed by atoms with Crippen LogP contribution in [0.4, 0.5) is 19.3 Å². The van der Waals surface area contributed by atoms with Gasteiger partial charge in [0, 0.05) is 31.7 Å². The van der Waals surface area contributed by atoms with Gasteiger partial charge in [-0.2, -0.15) is 5.10 Å². The number of fused-ring (bicyclic) bond motifs is 1. The maximum Gasteiger partial charge on any atom is 0.328 e. The Labute approximate surface area is 192 Å². The smallest absolute Gasteiger partial charge is 0.300 e. The van der Waals surface area contributed by atoms with Crippen molar-refractivity contribution in [2.75, 3.05) is 24.5 Å². The predicted molar refractivity (Wildman–Crippen MR) is 121 cm³/mol. The molecule has 1 N–H and O–H groups in total. The highest BCUT2D eigenvalue weighted by molar-refractivity contribution is 6.07.